The second-order valence-corrected chi connectivity index (χ2v) is 4.81. The Morgan fingerprint density at radius 3 is 2.67 bits per heavy atom. The third-order valence-corrected chi connectivity index (χ3v) is 3.71. The molecule has 1 fully saturated rings. The normalized spacial score (nSPS) is 16.7. The fourth-order valence-corrected chi connectivity index (χ4v) is 2.74. The summed E-state index contributed by atoms with van der Waals surface area (Å²) in [7, 11) is 0. The molecule has 6 heteroatoms. The van der Waals surface area contributed by atoms with Crippen LogP contribution in [0.15, 0.2) is 9.59 Å². The largest absolute Gasteiger partial charge is 0.336 e. The highest BCUT2D eigenvalue weighted by Crippen LogP contribution is 2.32. The van der Waals surface area contributed by atoms with Crippen molar-refractivity contribution in [3.63, 3.8) is 0 Å². The average molecular weight is 248 g/mol. The Hall–Kier alpha value is -1.85. The van der Waals surface area contributed by atoms with E-state index in [2.05, 4.69) is 15.0 Å². The van der Waals surface area contributed by atoms with Gasteiger partial charge in [-0.1, -0.05) is 12.8 Å². The van der Waals surface area contributed by atoms with Crippen molar-refractivity contribution in [3.8, 4) is 0 Å². The molecule has 0 aliphatic heterocycles. The van der Waals surface area contributed by atoms with Crippen LogP contribution >= 0.6 is 0 Å². The molecule has 96 valence electrons. The van der Waals surface area contributed by atoms with Crippen LogP contribution in [0, 0.1) is 0 Å². The van der Waals surface area contributed by atoms with Crippen molar-refractivity contribution in [2.75, 3.05) is 0 Å². The van der Waals surface area contributed by atoms with Gasteiger partial charge in [0.05, 0.1) is 0 Å². The van der Waals surface area contributed by atoms with Gasteiger partial charge in [0, 0.05) is 12.5 Å². The first-order valence-corrected chi connectivity index (χ1v) is 6.43. The van der Waals surface area contributed by atoms with E-state index in [1.165, 1.54) is 17.4 Å². The lowest BCUT2D eigenvalue weighted by molar-refractivity contribution is 0.676. The summed E-state index contributed by atoms with van der Waals surface area (Å²) in [6.07, 6.45) is 4.62. The van der Waals surface area contributed by atoms with E-state index in [1.807, 2.05) is 6.92 Å². The van der Waals surface area contributed by atoms with Gasteiger partial charge in [0.25, 0.3) is 5.56 Å². The van der Waals surface area contributed by atoms with E-state index >= 15 is 0 Å². The second kappa shape index (κ2) is 4.12. The minimum absolute atomic E-state index is 0.378. The summed E-state index contributed by atoms with van der Waals surface area (Å²) in [4.78, 5) is 33.3. The van der Waals surface area contributed by atoms with Crippen LogP contribution in [-0.2, 0) is 6.54 Å². The van der Waals surface area contributed by atoms with E-state index in [9.17, 15) is 9.59 Å². The number of hydrogen-bond donors (Lipinski definition) is 2. The SMILES string of the molecule is CCn1c(=O)[nH]c(=O)c2[nH]c(C3CCCC3)nc21. The van der Waals surface area contributed by atoms with Crippen molar-refractivity contribution in [1.82, 2.24) is 19.5 Å². The minimum Gasteiger partial charge on any atom is -0.336 e. The van der Waals surface area contributed by atoms with Gasteiger partial charge in [-0.3, -0.25) is 14.3 Å². The van der Waals surface area contributed by atoms with Gasteiger partial charge < -0.3 is 4.98 Å². The molecule has 0 saturated heterocycles. The number of H-pyrrole nitrogens is 2. The van der Waals surface area contributed by atoms with E-state index in [1.54, 1.807) is 0 Å². The molecule has 6 nitrogen and oxygen atoms in total. The van der Waals surface area contributed by atoms with Gasteiger partial charge in [0.15, 0.2) is 5.65 Å². The Morgan fingerprint density at radius 1 is 1.28 bits per heavy atom. The van der Waals surface area contributed by atoms with Crippen LogP contribution in [0.3, 0.4) is 0 Å². The molecule has 0 bridgehead atoms. The smallest absolute Gasteiger partial charge is 0.330 e. The second-order valence-electron chi connectivity index (χ2n) is 4.81. The molecule has 1 saturated carbocycles. The lowest BCUT2D eigenvalue weighted by Gasteiger charge is -2.02. The molecule has 1 aliphatic rings. The fraction of sp³-hybridized carbons (Fsp3) is 0.583. The Kier molecular flexibility index (Phi) is 2.57. The molecule has 0 radical (unpaired) electrons. The Bertz CT molecular complexity index is 688. The highest BCUT2D eigenvalue weighted by Gasteiger charge is 2.22. The Labute approximate surface area is 103 Å². The van der Waals surface area contributed by atoms with E-state index in [-0.39, 0.29) is 11.2 Å². The van der Waals surface area contributed by atoms with Crippen molar-refractivity contribution in [3.05, 3.63) is 26.7 Å². The molecule has 18 heavy (non-hydrogen) atoms. The van der Waals surface area contributed by atoms with Gasteiger partial charge >= 0.3 is 5.69 Å². The van der Waals surface area contributed by atoms with Gasteiger partial charge in [0.2, 0.25) is 0 Å². The topological polar surface area (TPSA) is 83.5 Å². The van der Waals surface area contributed by atoms with Crippen molar-refractivity contribution >= 4 is 11.2 Å². The van der Waals surface area contributed by atoms with Gasteiger partial charge in [-0.15, -0.1) is 0 Å². The summed E-state index contributed by atoms with van der Waals surface area (Å²) < 4.78 is 1.49. The first-order chi connectivity index (χ1) is 8.70. The number of aromatic amines is 2. The predicted octanol–water partition coefficient (Wildman–Crippen LogP) is 1.09. The van der Waals surface area contributed by atoms with Crippen LogP contribution in [0.5, 0.6) is 0 Å². The van der Waals surface area contributed by atoms with Crippen LogP contribution in [0.2, 0.25) is 0 Å². The third-order valence-electron chi connectivity index (χ3n) is 3.71. The molecular formula is C12H16N4O2. The van der Waals surface area contributed by atoms with E-state index in [4.69, 9.17) is 0 Å². The lowest BCUT2D eigenvalue weighted by atomic mass is 10.1. The molecule has 0 unspecified atom stereocenters. The summed E-state index contributed by atoms with van der Waals surface area (Å²) in [6, 6.07) is 0. The number of fused-ring (bicyclic) bond motifs is 1. The van der Waals surface area contributed by atoms with Crippen LogP contribution in [0.25, 0.3) is 11.2 Å². The quantitative estimate of drug-likeness (QED) is 0.834. The number of aromatic nitrogens is 4. The Morgan fingerprint density at radius 2 is 2.00 bits per heavy atom. The molecule has 0 aromatic carbocycles. The van der Waals surface area contributed by atoms with E-state index in [0.29, 0.717) is 23.6 Å². The number of imidazole rings is 1. The number of nitrogens with one attached hydrogen (secondary N) is 2. The third kappa shape index (κ3) is 1.60. The first kappa shape index (κ1) is 11.3. The van der Waals surface area contributed by atoms with Crippen molar-refractivity contribution in [2.45, 2.75) is 45.1 Å². The molecule has 2 N–H and O–H groups in total. The maximum atomic E-state index is 11.8. The number of rotatable bonds is 2. The zero-order valence-electron chi connectivity index (χ0n) is 10.3. The van der Waals surface area contributed by atoms with E-state index in [0.717, 1.165) is 18.7 Å². The molecular weight excluding hydrogens is 232 g/mol. The van der Waals surface area contributed by atoms with Crippen molar-refractivity contribution in [2.24, 2.45) is 0 Å². The molecule has 1 aliphatic carbocycles. The van der Waals surface area contributed by atoms with E-state index < -0.39 is 0 Å². The maximum Gasteiger partial charge on any atom is 0.330 e. The number of nitrogens with zero attached hydrogens (tertiary/aromatic N) is 2. The monoisotopic (exact) mass is 248 g/mol. The fourth-order valence-electron chi connectivity index (χ4n) is 2.74. The van der Waals surface area contributed by atoms with Crippen molar-refractivity contribution in [1.29, 1.82) is 0 Å². The van der Waals surface area contributed by atoms with Crippen LogP contribution in [-0.4, -0.2) is 19.5 Å². The standard InChI is InChI=1S/C12H16N4O2/c1-2-16-10-8(11(17)15-12(16)18)13-9(14-10)7-5-3-4-6-7/h7H,2-6H2,1H3,(H,13,14)(H,15,17,18). The molecule has 0 atom stereocenters. The summed E-state index contributed by atoms with van der Waals surface area (Å²) in [5, 5.41) is 0. The molecule has 2 aromatic rings. The maximum absolute atomic E-state index is 11.8. The zero-order valence-corrected chi connectivity index (χ0v) is 10.3. The lowest BCUT2D eigenvalue weighted by Crippen LogP contribution is -2.29. The summed E-state index contributed by atoms with van der Waals surface area (Å²) >= 11 is 0. The van der Waals surface area contributed by atoms with Gasteiger partial charge in [-0.2, -0.15) is 0 Å². The van der Waals surface area contributed by atoms with Crippen LogP contribution in [0.4, 0.5) is 0 Å². The molecule has 2 heterocycles. The highest BCUT2D eigenvalue weighted by molar-refractivity contribution is 5.69. The average Bonchev–Trinajstić information content (AvgIpc) is 2.97. The predicted molar refractivity (Wildman–Crippen MR) is 67.9 cm³/mol. The minimum atomic E-state index is -0.389. The van der Waals surface area contributed by atoms with Crippen molar-refractivity contribution < 1.29 is 0 Å². The van der Waals surface area contributed by atoms with Crippen LogP contribution < -0.4 is 11.2 Å². The van der Waals surface area contributed by atoms with Crippen LogP contribution in [0.1, 0.15) is 44.3 Å². The summed E-state index contributed by atoms with van der Waals surface area (Å²) in [5.41, 5.74) is 0.127. The highest BCUT2D eigenvalue weighted by atomic mass is 16.2. The summed E-state index contributed by atoms with van der Waals surface area (Å²) in [6.45, 7) is 2.37. The summed E-state index contributed by atoms with van der Waals surface area (Å²) in [5.74, 6) is 1.25. The molecule has 0 spiro atoms. The zero-order chi connectivity index (χ0) is 12.7. The Balaban J connectivity index is 2.24. The number of aryl methyl sites for hydroxylation is 1. The molecule has 0 amide bonds. The van der Waals surface area contributed by atoms with Gasteiger partial charge in [0.1, 0.15) is 11.3 Å². The molecule has 3 rings (SSSR count). The van der Waals surface area contributed by atoms with Gasteiger partial charge in [-0.25, -0.2) is 9.78 Å². The first-order valence-electron chi connectivity index (χ1n) is 6.43. The van der Waals surface area contributed by atoms with Gasteiger partial charge in [-0.05, 0) is 19.8 Å². The molecule has 2 aromatic heterocycles. The number of hydrogen-bond acceptors (Lipinski definition) is 3.